The maximum absolute atomic E-state index is 12.9. The topological polar surface area (TPSA) is 71.1 Å². The summed E-state index contributed by atoms with van der Waals surface area (Å²) in [6.07, 6.45) is 1.73. The Balaban J connectivity index is 1.47. The van der Waals surface area contributed by atoms with E-state index in [0.29, 0.717) is 10.8 Å². The molecule has 0 bridgehead atoms. The molecule has 0 saturated carbocycles. The Labute approximate surface area is 170 Å². The number of carbonyl (C=O) groups excluding carboxylic acids is 2. The van der Waals surface area contributed by atoms with E-state index in [1.54, 1.807) is 13.1 Å². The van der Waals surface area contributed by atoms with E-state index in [0.717, 1.165) is 10.4 Å². The molecule has 144 valence electrons. The van der Waals surface area contributed by atoms with Crippen LogP contribution in [0.4, 0.5) is 15.2 Å². The maximum atomic E-state index is 12.9. The molecule has 0 spiro atoms. The molecule has 2 aromatic carbocycles. The van der Waals surface area contributed by atoms with Crippen LogP contribution in [0.5, 0.6) is 0 Å². The van der Waals surface area contributed by atoms with Gasteiger partial charge >= 0.3 is 0 Å². The number of anilines is 2. The van der Waals surface area contributed by atoms with Crippen molar-refractivity contribution >= 4 is 45.7 Å². The summed E-state index contributed by atoms with van der Waals surface area (Å²) < 4.78 is 12.9. The average Bonchev–Trinajstić information content (AvgIpc) is 3.17. The highest BCUT2D eigenvalue weighted by molar-refractivity contribution is 8.01. The van der Waals surface area contributed by atoms with Crippen molar-refractivity contribution in [2.75, 3.05) is 16.4 Å². The number of benzene rings is 2. The summed E-state index contributed by atoms with van der Waals surface area (Å²) in [6, 6.07) is 15.3. The lowest BCUT2D eigenvalue weighted by Crippen LogP contribution is -2.24. The van der Waals surface area contributed by atoms with Gasteiger partial charge < -0.3 is 10.6 Å². The minimum atomic E-state index is -0.428. The molecule has 1 aromatic heterocycles. The van der Waals surface area contributed by atoms with E-state index >= 15 is 0 Å². The summed E-state index contributed by atoms with van der Waals surface area (Å²) in [5.74, 6) is -0.722. The van der Waals surface area contributed by atoms with Gasteiger partial charge in [-0.05, 0) is 36.8 Å². The van der Waals surface area contributed by atoms with E-state index in [-0.39, 0.29) is 23.4 Å². The van der Waals surface area contributed by atoms with Crippen LogP contribution in [0.15, 0.2) is 60.8 Å². The van der Waals surface area contributed by atoms with E-state index in [1.807, 2.05) is 30.3 Å². The second kappa shape index (κ2) is 9.48. The summed E-state index contributed by atoms with van der Waals surface area (Å²) >= 11 is 2.61. The van der Waals surface area contributed by atoms with Crippen LogP contribution >= 0.6 is 23.1 Å². The van der Waals surface area contributed by atoms with E-state index in [2.05, 4.69) is 15.6 Å². The zero-order valence-corrected chi connectivity index (χ0v) is 16.6. The van der Waals surface area contributed by atoms with Gasteiger partial charge in [0.05, 0.1) is 15.9 Å². The smallest absolute Gasteiger partial charge is 0.239 e. The Hall–Kier alpha value is -2.71. The largest absolute Gasteiger partial charge is 0.325 e. The zero-order chi connectivity index (χ0) is 19.9. The van der Waals surface area contributed by atoms with Crippen molar-refractivity contribution in [2.45, 2.75) is 12.2 Å². The van der Waals surface area contributed by atoms with Gasteiger partial charge in [0.1, 0.15) is 5.82 Å². The fraction of sp³-hybridized carbons (Fsp3) is 0.150. The highest BCUT2D eigenvalue weighted by atomic mass is 32.2. The van der Waals surface area contributed by atoms with Crippen LogP contribution in [0.2, 0.25) is 0 Å². The molecule has 2 N–H and O–H groups in total. The molecular formula is C20H18FN3O2S2. The first-order valence-corrected chi connectivity index (χ1v) is 10.4. The first-order chi connectivity index (χ1) is 13.5. The molecule has 1 heterocycles. The summed E-state index contributed by atoms with van der Waals surface area (Å²) in [6.45, 7) is 1.73. The number of nitrogens with zero attached hydrogens (tertiary/aromatic N) is 1. The molecule has 1 atom stereocenters. The molecule has 0 aliphatic rings. The van der Waals surface area contributed by atoms with Crippen LogP contribution in [-0.2, 0) is 9.59 Å². The molecule has 0 aliphatic carbocycles. The third kappa shape index (κ3) is 5.64. The Morgan fingerprint density at radius 3 is 2.54 bits per heavy atom. The first-order valence-electron chi connectivity index (χ1n) is 8.50. The van der Waals surface area contributed by atoms with Crippen LogP contribution in [0.3, 0.4) is 0 Å². The molecule has 0 fully saturated rings. The number of rotatable bonds is 7. The molecule has 2 amide bonds. The minimum Gasteiger partial charge on any atom is -0.325 e. The summed E-state index contributed by atoms with van der Waals surface area (Å²) in [5.41, 5.74) is 1.56. The lowest BCUT2D eigenvalue weighted by Gasteiger charge is -2.10. The molecule has 1 unspecified atom stereocenters. The van der Waals surface area contributed by atoms with Crippen LogP contribution in [0.25, 0.3) is 10.4 Å². The fourth-order valence-corrected chi connectivity index (χ4v) is 3.79. The van der Waals surface area contributed by atoms with Gasteiger partial charge in [0.15, 0.2) is 5.13 Å². The maximum Gasteiger partial charge on any atom is 0.239 e. The highest BCUT2D eigenvalue weighted by Crippen LogP contribution is 2.29. The van der Waals surface area contributed by atoms with E-state index in [9.17, 15) is 14.0 Å². The number of thioether (sulfide) groups is 1. The quantitative estimate of drug-likeness (QED) is 0.589. The predicted molar refractivity (Wildman–Crippen MR) is 113 cm³/mol. The van der Waals surface area contributed by atoms with Gasteiger partial charge in [0.25, 0.3) is 0 Å². The Kier molecular flexibility index (Phi) is 6.78. The van der Waals surface area contributed by atoms with E-state index < -0.39 is 5.25 Å². The highest BCUT2D eigenvalue weighted by Gasteiger charge is 2.17. The summed E-state index contributed by atoms with van der Waals surface area (Å²) in [5, 5.41) is 5.54. The normalized spacial score (nSPS) is 11.6. The van der Waals surface area contributed by atoms with Crippen LogP contribution in [0, 0.1) is 5.82 Å². The molecule has 8 heteroatoms. The summed E-state index contributed by atoms with van der Waals surface area (Å²) in [7, 11) is 0. The lowest BCUT2D eigenvalue weighted by atomic mass is 10.2. The average molecular weight is 416 g/mol. The number of halogens is 1. The number of hydrogen-bond donors (Lipinski definition) is 2. The van der Waals surface area contributed by atoms with Gasteiger partial charge in [-0.1, -0.05) is 41.7 Å². The van der Waals surface area contributed by atoms with Gasteiger partial charge in [0.2, 0.25) is 11.8 Å². The van der Waals surface area contributed by atoms with Gasteiger partial charge in [-0.25, -0.2) is 9.37 Å². The SMILES string of the molecule is CC(SCC(=O)Nc1ccc(F)cc1)C(=O)Nc1ncc(-c2ccccc2)s1. The van der Waals surface area contributed by atoms with Crippen molar-refractivity contribution in [1.29, 1.82) is 0 Å². The molecule has 0 aliphatic heterocycles. The first kappa shape index (κ1) is 20.0. The molecular weight excluding hydrogens is 397 g/mol. The molecule has 0 saturated heterocycles. The number of aromatic nitrogens is 1. The van der Waals surface area contributed by atoms with Crippen molar-refractivity contribution in [3.63, 3.8) is 0 Å². The number of hydrogen-bond acceptors (Lipinski definition) is 5. The summed E-state index contributed by atoms with van der Waals surface area (Å²) in [4.78, 5) is 29.5. The molecule has 3 aromatic rings. The Bertz CT molecular complexity index is 946. The molecule has 5 nitrogen and oxygen atoms in total. The third-order valence-corrected chi connectivity index (χ3v) is 5.86. The van der Waals surface area contributed by atoms with Crippen molar-refractivity contribution in [1.82, 2.24) is 4.98 Å². The monoisotopic (exact) mass is 415 g/mol. The Morgan fingerprint density at radius 2 is 1.82 bits per heavy atom. The molecule has 3 rings (SSSR count). The second-order valence-electron chi connectivity index (χ2n) is 5.89. The lowest BCUT2D eigenvalue weighted by molar-refractivity contribution is -0.115. The van der Waals surface area contributed by atoms with Crippen molar-refractivity contribution in [3.05, 3.63) is 66.6 Å². The molecule has 28 heavy (non-hydrogen) atoms. The van der Waals surface area contributed by atoms with Crippen molar-refractivity contribution < 1.29 is 14.0 Å². The van der Waals surface area contributed by atoms with Gasteiger partial charge in [0, 0.05) is 11.9 Å². The minimum absolute atomic E-state index is 0.110. The number of thiazole rings is 1. The van der Waals surface area contributed by atoms with Gasteiger partial charge in [-0.3, -0.25) is 9.59 Å². The van der Waals surface area contributed by atoms with Crippen LogP contribution in [-0.4, -0.2) is 27.8 Å². The van der Waals surface area contributed by atoms with Gasteiger partial charge in [-0.2, -0.15) is 0 Å². The fourth-order valence-electron chi connectivity index (χ4n) is 2.28. The van der Waals surface area contributed by atoms with Crippen molar-refractivity contribution in [2.24, 2.45) is 0 Å². The van der Waals surface area contributed by atoms with E-state index in [1.165, 1.54) is 47.4 Å². The zero-order valence-electron chi connectivity index (χ0n) is 15.0. The third-order valence-electron chi connectivity index (χ3n) is 3.76. The standard InChI is InChI=1S/C20H18FN3O2S2/c1-13(27-12-18(25)23-16-9-7-15(21)8-10-16)19(26)24-20-22-11-17(28-20)14-5-3-2-4-6-14/h2-11,13H,12H2,1H3,(H,23,25)(H,22,24,26). The number of nitrogens with one attached hydrogen (secondary N) is 2. The number of carbonyl (C=O) groups is 2. The van der Waals surface area contributed by atoms with Gasteiger partial charge in [-0.15, -0.1) is 11.8 Å². The molecule has 0 radical (unpaired) electrons. The van der Waals surface area contributed by atoms with Crippen molar-refractivity contribution in [3.8, 4) is 10.4 Å². The van der Waals surface area contributed by atoms with Crippen LogP contribution < -0.4 is 10.6 Å². The number of amides is 2. The second-order valence-corrected chi connectivity index (χ2v) is 8.25. The predicted octanol–water partition coefficient (Wildman–Crippen LogP) is 4.65. The van der Waals surface area contributed by atoms with Crippen LogP contribution in [0.1, 0.15) is 6.92 Å². The Morgan fingerprint density at radius 1 is 1.11 bits per heavy atom. The van der Waals surface area contributed by atoms with E-state index in [4.69, 9.17) is 0 Å².